The molecule has 0 aliphatic heterocycles. The van der Waals surface area contributed by atoms with Crippen molar-refractivity contribution in [2.75, 3.05) is 14.0 Å². The van der Waals surface area contributed by atoms with Crippen LogP contribution < -0.4 is 36.2 Å². The second-order valence-electron chi connectivity index (χ2n) is 0.429. The number of quaternary nitrogens is 2. The minimum atomic E-state index is -3.29. The molecule has 0 spiro atoms. The number of rotatable bonds is 0. The SMILES string of the molecule is [2H]C([2H])([2H])[N+]([2H])([2H])[2H].[2H]C([2H])([2H])[N+]([2H])([2H])[2H].[Cl-].[Cl-].[Cl][Sn]([Cl])([Cl])[Cl]. The first-order valence-corrected chi connectivity index (χ1v) is 15.7. The molecule has 6 N–H and O–H groups in total. The van der Waals surface area contributed by atoms with Gasteiger partial charge in [-0.05, 0) is 0 Å². The van der Waals surface area contributed by atoms with Gasteiger partial charge in [-0.2, -0.15) is 0 Å². The van der Waals surface area contributed by atoms with Crippen molar-refractivity contribution in [2.24, 2.45) is 0 Å². The first-order valence-electron chi connectivity index (χ1n) is 6.89. The quantitative estimate of drug-likeness (QED) is 0.376. The molecule has 11 heavy (non-hydrogen) atoms. The van der Waals surface area contributed by atoms with E-state index in [1.807, 2.05) is 0 Å². The molecule has 0 saturated carbocycles. The maximum atomic E-state index is 6.33. The molecule has 0 aromatic rings. The molecule has 0 unspecified atom stereocenters. The van der Waals surface area contributed by atoms with Gasteiger partial charge in [0.25, 0.3) is 0 Å². The van der Waals surface area contributed by atoms with E-state index in [9.17, 15) is 0 Å². The monoisotopic (exact) mass is 406 g/mol. The molecule has 0 amide bonds. The molecule has 0 aromatic heterocycles. The van der Waals surface area contributed by atoms with Crippen molar-refractivity contribution in [2.45, 2.75) is 0 Å². The third-order valence-corrected chi connectivity index (χ3v) is 0. The topological polar surface area (TPSA) is 55.3 Å². The second kappa shape index (κ2) is 22.9. The second-order valence-corrected chi connectivity index (χ2v) is 25.9. The van der Waals surface area contributed by atoms with Crippen molar-refractivity contribution >= 4 is 49.6 Å². The summed E-state index contributed by atoms with van der Waals surface area (Å²) in [6.45, 7) is -5.75. The average Bonchev–Trinajstić information content (AvgIpc) is 1.91. The van der Waals surface area contributed by atoms with Gasteiger partial charge in [0.05, 0.1) is 22.2 Å². The van der Waals surface area contributed by atoms with E-state index in [0.717, 1.165) is 0 Å². The Morgan fingerprint density at radius 1 is 1.09 bits per heavy atom. The van der Waals surface area contributed by atoms with Crippen LogP contribution in [-0.2, 0) is 0 Å². The Balaban J connectivity index is -0.0000000693. The van der Waals surface area contributed by atoms with E-state index in [4.69, 9.17) is 52.4 Å². The Kier molecular flexibility index (Phi) is 10.4. The molecule has 0 aliphatic rings. The molecule has 0 fully saturated rings. The van der Waals surface area contributed by atoms with Crippen LogP contribution in [0.3, 0.4) is 0 Å². The Labute approximate surface area is 116 Å². The van der Waals surface area contributed by atoms with E-state index < -0.39 is 39.2 Å². The predicted molar refractivity (Wildman–Crippen MR) is 46.8 cm³/mol. The zero-order chi connectivity index (χ0) is 18.5. The fraction of sp³-hybridized carbons (Fsp3) is 1.00. The first kappa shape index (κ1) is 4.99. The van der Waals surface area contributed by atoms with E-state index in [0.29, 0.717) is 0 Å². The Morgan fingerprint density at radius 2 is 1.18 bits per heavy atom. The summed E-state index contributed by atoms with van der Waals surface area (Å²) in [6, 6.07) is 0. The van der Waals surface area contributed by atoms with Crippen molar-refractivity contribution in [3.8, 4) is 0 Å². The molecule has 0 saturated heterocycles. The van der Waals surface area contributed by atoms with Gasteiger partial charge in [0.1, 0.15) is 0 Å². The number of hydrogen-bond donors (Lipinski definition) is 2. The fourth-order valence-corrected chi connectivity index (χ4v) is 0. The van der Waals surface area contributed by atoms with Gasteiger partial charge < -0.3 is 36.2 Å². The molecular formula is C2H12Cl6N2Sn. The van der Waals surface area contributed by atoms with Crippen LogP contribution in [0.5, 0.6) is 0 Å². The average molecular weight is 408 g/mol. The molecule has 0 aliphatic carbocycles. The molecule has 0 radical (unpaired) electrons. The van der Waals surface area contributed by atoms with Crippen molar-refractivity contribution in [1.82, 2.24) is 0 Å². The van der Waals surface area contributed by atoms with Crippen LogP contribution in [0.25, 0.3) is 0 Å². The van der Waals surface area contributed by atoms with Crippen LogP contribution in [0.15, 0.2) is 0 Å². The molecule has 9 heteroatoms. The zero-order valence-corrected chi connectivity index (χ0v) is 12.1. The van der Waals surface area contributed by atoms with Crippen molar-refractivity contribution in [3.05, 3.63) is 0 Å². The molecule has 2 nitrogen and oxygen atoms in total. The summed E-state index contributed by atoms with van der Waals surface area (Å²) in [7, 11) is 20.1. The summed E-state index contributed by atoms with van der Waals surface area (Å²) in [5, 5.41) is 0. The molecule has 0 bridgehead atoms. The Bertz CT molecular complexity index is 234. The van der Waals surface area contributed by atoms with Gasteiger partial charge >= 0.3 is 58.0 Å². The maximum absolute atomic E-state index is 6.33. The van der Waals surface area contributed by atoms with E-state index in [-0.39, 0.29) is 24.8 Å². The van der Waals surface area contributed by atoms with Gasteiger partial charge in [0.2, 0.25) is 0 Å². The van der Waals surface area contributed by atoms with E-state index in [2.05, 4.69) is 0 Å². The van der Waals surface area contributed by atoms with Crippen molar-refractivity contribution in [1.29, 1.82) is 0 Å². The summed E-state index contributed by atoms with van der Waals surface area (Å²) in [4.78, 5) is 0. The first-order chi connectivity index (χ1) is 8.50. The van der Waals surface area contributed by atoms with Crippen LogP contribution in [0, 0.1) is 0 Å². The molecular weight excluding hydrogens is 383 g/mol. The van der Waals surface area contributed by atoms with Crippen molar-refractivity contribution < 1.29 is 52.9 Å². The van der Waals surface area contributed by atoms with Gasteiger partial charge in [0, 0.05) is 0 Å². The fourth-order valence-electron chi connectivity index (χ4n) is 0. The van der Waals surface area contributed by atoms with E-state index in [1.165, 1.54) is 0 Å². The molecule has 76 valence electrons. The predicted octanol–water partition coefficient (Wildman–Crippen LogP) is -5.90. The minimum absolute atomic E-state index is 0. The van der Waals surface area contributed by atoms with Gasteiger partial charge in [-0.25, -0.2) is 0 Å². The summed E-state index contributed by atoms with van der Waals surface area (Å²) in [5.74, 6) is 0. The Morgan fingerprint density at radius 3 is 1.18 bits per heavy atom. The van der Waals surface area contributed by atoms with Crippen LogP contribution in [0.2, 0.25) is 8.47 Å². The molecule has 0 heterocycles. The summed E-state index contributed by atoms with van der Waals surface area (Å²) >= 11 is -3.29. The molecule has 0 aromatic carbocycles. The van der Waals surface area contributed by atoms with Crippen LogP contribution in [0.1, 0.15) is 8.22 Å². The van der Waals surface area contributed by atoms with Crippen LogP contribution in [0.4, 0.5) is 0 Å². The summed E-state index contributed by atoms with van der Waals surface area (Å²) in [6.07, 6.45) is 0. The van der Waals surface area contributed by atoms with Crippen molar-refractivity contribution in [3.63, 3.8) is 0 Å². The van der Waals surface area contributed by atoms with Gasteiger partial charge in [-0.1, -0.05) is 0 Å². The van der Waals surface area contributed by atoms with Crippen LogP contribution in [-0.4, -0.2) is 27.8 Å². The van der Waals surface area contributed by atoms with E-state index in [1.54, 1.807) is 0 Å². The zero-order valence-electron chi connectivity index (χ0n) is 16.7. The normalized spacial score (nSPS) is 27.3. The van der Waals surface area contributed by atoms with E-state index >= 15 is 0 Å². The van der Waals surface area contributed by atoms with Gasteiger partial charge in [-0.15, -0.1) is 0 Å². The van der Waals surface area contributed by atoms with Crippen LogP contribution >= 0.6 is 35.7 Å². The summed E-state index contributed by atoms with van der Waals surface area (Å²) in [5.41, 5.74) is -4.46. The number of hydrogen-bond acceptors (Lipinski definition) is 0. The standard InChI is InChI=1S/2CH5N.6ClH.Sn/c2*1-2;;;;;;;/h2*2H2,1H3;6*1H;/q;;;;;;;;+4/p-4/i2*1D3;;;;;;;/hD6. The molecule has 0 rings (SSSR count). The molecule has 0 atom stereocenters. The number of halogens is 6. The van der Waals surface area contributed by atoms with Gasteiger partial charge in [-0.3, -0.25) is 0 Å². The third kappa shape index (κ3) is 225. The van der Waals surface area contributed by atoms with Gasteiger partial charge in [0.15, 0.2) is 0 Å². The third-order valence-electron chi connectivity index (χ3n) is 0. The summed E-state index contributed by atoms with van der Waals surface area (Å²) < 4.78 is 75.7. The Hall–Kier alpha value is 2.46.